The van der Waals surface area contributed by atoms with E-state index in [1.54, 1.807) is 0 Å². The molecule has 2 unspecified atom stereocenters. The van der Waals surface area contributed by atoms with Gasteiger partial charge in [-0.2, -0.15) is 0 Å². The minimum Gasteiger partial charge on any atom is -0.377 e. The predicted octanol–water partition coefficient (Wildman–Crippen LogP) is 2.97. The van der Waals surface area contributed by atoms with Gasteiger partial charge in [-0.15, -0.1) is 0 Å². The molecule has 0 amide bonds. The Morgan fingerprint density at radius 2 is 1.93 bits per heavy atom. The van der Waals surface area contributed by atoms with Crippen molar-refractivity contribution >= 4 is 0 Å². The molecule has 2 nitrogen and oxygen atoms in total. The Bertz CT molecular complexity index is 159. The highest BCUT2D eigenvalue weighted by molar-refractivity contribution is 4.76. The van der Waals surface area contributed by atoms with Crippen molar-refractivity contribution in [3.05, 3.63) is 0 Å². The van der Waals surface area contributed by atoms with E-state index in [1.807, 2.05) is 0 Å². The molecule has 0 radical (unpaired) electrons. The van der Waals surface area contributed by atoms with Crippen LogP contribution in [0, 0.1) is 5.92 Å². The molecule has 1 N–H and O–H groups in total. The molecule has 1 aliphatic rings. The van der Waals surface area contributed by atoms with Crippen LogP contribution in [0.4, 0.5) is 0 Å². The molecule has 1 rings (SSSR count). The van der Waals surface area contributed by atoms with Gasteiger partial charge in [0.2, 0.25) is 0 Å². The van der Waals surface area contributed by atoms with Crippen LogP contribution >= 0.6 is 0 Å². The minimum absolute atomic E-state index is 0.360. The van der Waals surface area contributed by atoms with Crippen molar-refractivity contribution in [1.82, 2.24) is 5.32 Å². The van der Waals surface area contributed by atoms with Crippen molar-refractivity contribution < 1.29 is 4.74 Å². The molecule has 0 spiro atoms. The number of hydrogen-bond acceptors (Lipinski definition) is 2. The molecule has 0 aromatic rings. The maximum absolute atomic E-state index is 5.54. The van der Waals surface area contributed by atoms with Gasteiger partial charge in [-0.1, -0.05) is 26.2 Å². The summed E-state index contributed by atoms with van der Waals surface area (Å²) < 4.78 is 5.54. The van der Waals surface area contributed by atoms with E-state index < -0.39 is 0 Å². The van der Waals surface area contributed by atoms with E-state index in [4.69, 9.17) is 4.74 Å². The Balaban J connectivity index is 2.12. The molecule has 15 heavy (non-hydrogen) atoms. The SMILES string of the molecule is CC(C)OCCNC1CCCCCC1C. The molecule has 0 aromatic heterocycles. The van der Waals surface area contributed by atoms with Crippen molar-refractivity contribution in [1.29, 1.82) is 0 Å². The molecule has 1 aliphatic carbocycles. The summed E-state index contributed by atoms with van der Waals surface area (Å²) in [6, 6.07) is 0.725. The fourth-order valence-electron chi connectivity index (χ4n) is 2.34. The first kappa shape index (κ1) is 13.0. The Hall–Kier alpha value is -0.0800. The van der Waals surface area contributed by atoms with Crippen LogP contribution in [0.3, 0.4) is 0 Å². The van der Waals surface area contributed by atoms with E-state index in [9.17, 15) is 0 Å². The third kappa shape index (κ3) is 5.53. The predicted molar refractivity (Wildman–Crippen MR) is 65.1 cm³/mol. The van der Waals surface area contributed by atoms with Crippen molar-refractivity contribution in [3.63, 3.8) is 0 Å². The van der Waals surface area contributed by atoms with Gasteiger partial charge in [-0.05, 0) is 32.6 Å². The van der Waals surface area contributed by atoms with Gasteiger partial charge in [-0.25, -0.2) is 0 Å². The average molecular weight is 213 g/mol. The highest BCUT2D eigenvalue weighted by Crippen LogP contribution is 2.22. The first-order valence-corrected chi connectivity index (χ1v) is 6.55. The number of nitrogens with one attached hydrogen (secondary N) is 1. The van der Waals surface area contributed by atoms with Crippen LogP contribution in [0.25, 0.3) is 0 Å². The van der Waals surface area contributed by atoms with Gasteiger partial charge in [0.15, 0.2) is 0 Å². The summed E-state index contributed by atoms with van der Waals surface area (Å²) in [4.78, 5) is 0. The first-order chi connectivity index (χ1) is 7.20. The second-order valence-electron chi connectivity index (χ2n) is 5.10. The molecule has 0 heterocycles. The van der Waals surface area contributed by atoms with E-state index in [-0.39, 0.29) is 0 Å². The summed E-state index contributed by atoms with van der Waals surface area (Å²) in [5.74, 6) is 0.839. The van der Waals surface area contributed by atoms with Gasteiger partial charge in [0.25, 0.3) is 0 Å². The average Bonchev–Trinajstić information content (AvgIpc) is 2.38. The van der Waals surface area contributed by atoms with Gasteiger partial charge in [-0.3, -0.25) is 0 Å². The molecule has 0 bridgehead atoms. The Morgan fingerprint density at radius 3 is 2.67 bits per heavy atom. The van der Waals surface area contributed by atoms with Gasteiger partial charge in [0.05, 0.1) is 12.7 Å². The summed E-state index contributed by atoms with van der Waals surface area (Å²) in [5, 5.41) is 3.64. The van der Waals surface area contributed by atoms with Crippen LogP contribution in [0.15, 0.2) is 0 Å². The second kappa shape index (κ2) is 7.24. The molecule has 1 saturated carbocycles. The topological polar surface area (TPSA) is 21.3 Å². The molecule has 0 aliphatic heterocycles. The summed E-state index contributed by atoms with van der Waals surface area (Å²) in [6.07, 6.45) is 7.34. The summed E-state index contributed by atoms with van der Waals surface area (Å²) in [6.45, 7) is 8.42. The highest BCUT2D eigenvalue weighted by atomic mass is 16.5. The molecule has 2 heteroatoms. The van der Waals surface area contributed by atoms with Crippen LogP contribution < -0.4 is 5.32 Å². The molecule has 90 valence electrons. The van der Waals surface area contributed by atoms with E-state index in [0.717, 1.165) is 25.1 Å². The third-order valence-corrected chi connectivity index (χ3v) is 3.32. The molecule has 0 aromatic carbocycles. The van der Waals surface area contributed by atoms with E-state index in [2.05, 4.69) is 26.1 Å². The normalized spacial score (nSPS) is 28.0. The van der Waals surface area contributed by atoms with Crippen molar-refractivity contribution in [2.45, 2.75) is 65.0 Å². The number of ether oxygens (including phenoxy) is 1. The molecule has 1 fully saturated rings. The molecule has 0 saturated heterocycles. The smallest absolute Gasteiger partial charge is 0.0594 e. The monoisotopic (exact) mass is 213 g/mol. The lowest BCUT2D eigenvalue weighted by Crippen LogP contribution is -2.36. The quantitative estimate of drug-likeness (QED) is 0.560. The first-order valence-electron chi connectivity index (χ1n) is 6.55. The van der Waals surface area contributed by atoms with Crippen LogP contribution in [0.2, 0.25) is 0 Å². The van der Waals surface area contributed by atoms with E-state index >= 15 is 0 Å². The zero-order valence-corrected chi connectivity index (χ0v) is 10.6. The standard InChI is InChI=1S/C13H27NO/c1-11(2)15-10-9-14-13-8-6-4-5-7-12(13)3/h11-14H,4-10H2,1-3H3. The number of rotatable bonds is 5. The van der Waals surface area contributed by atoms with Gasteiger partial charge in [0, 0.05) is 12.6 Å². The van der Waals surface area contributed by atoms with E-state index in [0.29, 0.717) is 6.10 Å². The zero-order chi connectivity index (χ0) is 11.1. The maximum atomic E-state index is 5.54. The van der Waals surface area contributed by atoms with Crippen LogP contribution in [0.5, 0.6) is 0 Å². The fourth-order valence-corrected chi connectivity index (χ4v) is 2.34. The van der Waals surface area contributed by atoms with E-state index in [1.165, 1.54) is 32.1 Å². The summed E-state index contributed by atoms with van der Waals surface area (Å²) in [7, 11) is 0. The number of hydrogen-bond donors (Lipinski definition) is 1. The summed E-state index contributed by atoms with van der Waals surface area (Å²) >= 11 is 0. The molecular formula is C13H27NO. The van der Waals surface area contributed by atoms with Crippen molar-refractivity contribution in [2.24, 2.45) is 5.92 Å². The Morgan fingerprint density at radius 1 is 1.20 bits per heavy atom. The van der Waals surface area contributed by atoms with Crippen LogP contribution in [0.1, 0.15) is 52.9 Å². The second-order valence-corrected chi connectivity index (χ2v) is 5.10. The van der Waals surface area contributed by atoms with Crippen molar-refractivity contribution in [3.8, 4) is 0 Å². The minimum atomic E-state index is 0.360. The van der Waals surface area contributed by atoms with Gasteiger partial charge in [0.1, 0.15) is 0 Å². The molecular weight excluding hydrogens is 186 g/mol. The van der Waals surface area contributed by atoms with Gasteiger partial charge >= 0.3 is 0 Å². The van der Waals surface area contributed by atoms with Gasteiger partial charge < -0.3 is 10.1 Å². The largest absolute Gasteiger partial charge is 0.377 e. The maximum Gasteiger partial charge on any atom is 0.0594 e. The summed E-state index contributed by atoms with van der Waals surface area (Å²) in [5.41, 5.74) is 0. The molecule has 2 atom stereocenters. The Kier molecular flexibility index (Phi) is 6.26. The lowest BCUT2D eigenvalue weighted by molar-refractivity contribution is 0.0780. The van der Waals surface area contributed by atoms with Crippen LogP contribution in [-0.4, -0.2) is 25.3 Å². The zero-order valence-electron chi connectivity index (χ0n) is 10.6. The lowest BCUT2D eigenvalue weighted by Gasteiger charge is -2.23. The highest BCUT2D eigenvalue weighted by Gasteiger charge is 2.18. The van der Waals surface area contributed by atoms with Crippen molar-refractivity contribution in [2.75, 3.05) is 13.2 Å². The fraction of sp³-hybridized carbons (Fsp3) is 1.00. The third-order valence-electron chi connectivity index (χ3n) is 3.32. The lowest BCUT2D eigenvalue weighted by atomic mass is 9.97. The van der Waals surface area contributed by atoms with Crippen LogP contribution in [-0.2, 0) is 4.74 Å². The Labute approximate surface area is 94.8 Å².